The van der Waals surface area contributed by atoms with Crippen molar-refractivity contribution in [3.63, 3.8) is 0 Å². The van der Waals surface area contributed by atoms with Crippen molar-refractivity contribution in [1.82, 2.24) is 10.1 Å². The first-order valence-electron chi connectivity index (χ1n) is 5.32. The van der Waals surface area contributed by atoms with Crippen LogP contribution in [-0.2, 0) is 0 Å². The molecule has 0 aliphatic carbocycles. The highest BCUT2D eigenvalue weighted by atomic mass is 19.4. The Kier molecular flexibility index (Phi) is 3.64. The van der Waals surface area contributed by atoms with E-state index >= 15 is 0 Å². The largest absolute Gasteiger partial charge is 0.409 e. The first kappa shape index (κ1) is 15.3. The first-order chi connectivity index (χ1) is 9.59. The van der Waals surface area contributed by atoms with Crippen molar-refractivity contribution in [2.24, 2.45) is 0 Å². The molecule has 0 atom stereocenters. The van der Waals surface area contributed by atoms with Crippen LogP contribution in [0, 0.1) is 5.82 Å². The molecule has 3 nitrogen and oxygen atoms in total. The van der Waals surface area contributed by atoms with E-state index in [2.05, 4.69) is 14.7 Å². The van der Waals surface area contributed by atoms with Crippen molar-refractivity contribution in [3.8, 4) is 11.4 Å². The predicted molar refractivity (Wildman–Crippen MR) is 54.5 cm³/mol. The molecule has 114 valence electrons. The van der Waals surface area contributed by atoms with E-state index < -0.39 is 35.8 Å². The Morgan fingerprint density at radius 2 is 1.43 bits per heavy atom. The van der Waals surface area contributed by atoms with Gasteiger partial charge in [0.25, 0.3) is 0 Å². The van der Waals surface area contributed by atoms with Crippen LogP contribution in [0.1, 0.15) is 11.8 Å². The summed E-state index contributed by atoms with van der Waals surface area (Å²) in [6, 6.07) is 4.10. The summed E-state index contributed by atoms with van der Waals surface area (Å²) in [6.45, 7) is 0. The molecule has 0 saturated heterocycles. The minimum atomic E-state index is -5.62. The Balaban J connectivity index is 2.40. The van der Waals surface area contributed by atoms with Gasteiger partial charge in [0.2, 0.25) is 17.6 Å². The SMILES string of the molecule is Fc1ccc(-c2noc(C(C(F)(F)F)C(F)(F)F)n2)cc1. The molecular weight excluding hydrogens is 309 g/mol. The second-order valence-corrected chi connectivity index (χ2v) is 3.98. The fraction of sp³-hybridized carbons (Fsp3) is 0.273. The highest BCUT2D eigenvalue weighted by Crippen LogP contribution is 2.45. The normalized spacial score (nSPS) is 13.0. The van der Waals surface area contributed by atoms with Crippen LogP contribution in [0.25, 0.3) is 11.4 Å². The average molecular weight is 314 g/mol. The molecule has 0 radical (unpaired) electrons. The molecule has 0 aliphatic heterocycles. The third kappa shape index (κ3) is 3.31. The van der Waals surface area contributed by atoms with Gasteiger partial charge in [0.1, 0.15) is 5.82 Å². The first-order valence-corrected chi connectivity index (χ1v) is 5.32. The van der Waals surface area contributed by atoms with Gasteiger partial charge in [0.05, 0.1) is 0 Å². The molecule has 10 heteroatoms. The van der Waals surface area contributed by atoms with Crippen LogP contribution in [0.2, 0.25) is 0 Å². The van der Waals surface area contributed by atoms with E-state index in [1.165, 1.54) is 0 Å². The maximum Gasteiger partial charge on any atom is 0.409 e. The summed E-state index contributed by atoms with van der Waals surface area (Å²) in [5.74, 6) is -6.62. The van der Waals surface area contributed by atoms with Crippen molar-refractivity contribution < 1.29 is 35.3 Å². The summed E-state index contributed by atoms with van der Waals surface area (Å²) in [5.41, 5.74) is 0.0227. The number of halogens is 7. The molecule has 1 heterocycles. The topological polar surface area (TPSA) is 38.9 Å². The van der Waals surface area contributed by atoms with Gasteiger partial charge >= 0.3 is 12.4 Å². The molecule has 0 bridgehead atoms. The number of rotatable bonds is 2. The lowest BCUT2D eigenvalue weighted by Gasteiger charge is -2.18. The number of alkyl halides is 6. The zero-order valence-electron chi connectivity index (χ0n) is 9.84. The fourth-order valence-electron chi connectivity index (χ4n) is 1.53. The minimum Gasteiger partial charge on any atom is -0.338 e. The maximum absolute atomic E-state index is 12.7. The second kappa shape index (κ2) is 5.01. The van der Waals surface area contributed by atoms with Crippen LogP contribution in [0.3, 0.4) is 0 Å². The van der Waals surface area contributed by atoms with Crippen molar-refractivity contribution in [2.75, 3.05) is 0 Å². The Hall–Kier alpha value is -2.13. The van der Waals surface area contributed by atoms with Crippen molar-refractivity contribution in [2.45, 2.75) is 18.3 Å². The smallest absolute Gasteiger partial charge is 0.338 e. The highest BCUT2D eigenvalue weighted by Gasteiger charge is 2.60. The van der Waals surface area contributed by atoms with Gasteiger partial charge in [-0.15, -0.1) is 0 Å². The Morgan fingerprint density at radius 3 is 1.90 bits per heavy atom. The zero-order valence-corrected chi connectivity index (χ0v) is 9.84. The molecule has 1 aromatic heterocycles. The molecule has 0 N–H and O–H groups in total. The zero-order chi connectivity index (χ0) is 15.8. The van der Waals surface area contributed by atoms with Gasteiger partial charge in [-0.2, -0.15) is 31.3 Å². The summed E-state index contributed by atoms with van der Waals surface area (Å²) in [6.07, 6.45) is -11.2. The maximum atomic E-state index is 12.7. The van der Waals surface area contributed by atoms with Gasteiger partial charge < -0.3 is 4.52 Å². The van der Waals surface area contributed by atoms with Gasteiger partial charge in [-0.3, -0.25) is 0 Å². The number of benzene rings is 1. The van der Waals surface area contributed by atoms with Crippen molar-refractivity contribution >= 4 is 0 Å². The Labute approximate surface area is 112 Å². The van der Waals surface area contributed by atoms with E-state index in [9.17, 15) is 30.7 Å². The van der Waals surface area contributed by atoms with Crippen molar-refractivity contribution in [3.05, 3.63) is 36.0 Å². The molecule has 0 fully saturated rings. The van der Waals surface area contributed by atoms with Crippen LogP contribution in [0.4, 0.5) is 30.7 Å². The standard InChI is InChI=1S/C11H5F7N2O/c12-6-3-1-5(2-4-6)8-19-9(21-20-8)7(10(13,14)15)11(16,17)18/h1-4,7H. The highest BCUT2D eigenvalue weighted by molar-refractivity contribution is 5.53. The molecule has 21 heavy (non-hydrogen) atoms. The molecule has 0 spiro atoms. The van der Waals surface area contributed by atoms with E-state index in [1.54, 1.807) is 0 Å². The van der Waals surface area contributed by atoms with Crippen molar-refractivity contribution in [1.29, 1.82) is 0 Å². The van der Waals surface area contributed by atoms with Crippen LogP contribution >= 0.6 is 0 Å². The van der Waals surface area contributed by atoms with E-state index in [0.717, 1.165) is 24.3 Å². The lowest BCUT2D eigenvalue weighted by molar-refractivity contribution is -0.259. The fourth-order valence-corrected chi connectivity index (χ4v) is 1.53. The molecule has 2 aromatic rings. The van der Waals surface area contributed by atoms with Crippen LogP contribution in [0.5, 0.6) is 0 Å². The number of hydrogen-bond donors (Lipinski definition) is 0. The Bertz CT molecular complexity index is 601. The van der Waals surface area contributed by atoms with Gasteiger partial charge in [-0.25, -0.2) is 4.39 Å². The number of aromatic nitrogens is 2. The molecule has 0 amide bonds. The average Bonchev–Trinajstić information content (AvgIpc) is 2.75. The molecule has 1 aromatic carbocycles. The molecule has 0 aliphatic rings. The third-order valence-electron chi connectivity index (χ3n) is 2.45. The quantitative estimate of drug-likeness (QED) is 0.784. The van der Waals surface area contributed by atoms with Gasteiger partial charge in [-0.05, 0) is 24.3 Å². The van der Waals surface area contributed by atoms with Crippen LogP contribution in [-0.4, -0.2) is 22.5 Å². The summed E-state index contributed by atoms with van der Waals surface area (Å²) in [4.78, 5) is 3.10. The predicted octanol–water partition coefficient (Wildman–Crippen LogP) is 4.08. The number of hydrogen-bond acceptors (Lipinski definition) is 3. The molecule has 0 saturated carbocycles. The van der Waals surface area contributed by atoms with Gasteiger partial charge in [0, 0.05) is 5.56 Å². The summed E-state index contributed by atoms with van der Waals surface area (Å²) < 4.78 is 91.6. The third-order valence-corrected chi connectivity index (χ3v) is 2.45. The number of nitrogens with zero attached hydrogens (tertiary/aromatic N) is 2. The summed E-state index contributed by atoms with van der Waals surface area (Å²) in [7, 11) is 0. The lowest BCUT2D eigenvalue weighted by atomic mass is 10.1. The molecule has 2 rings (SSSR count). The summed E-state index contributed by atoms with van der Waals surface area (Å²) in [5, 5.41) is 3.06. The van der Waals surface area contributed by atoms with Gasteiger partial charge in [0.15, 0.2) is 0 Å². The van der Waals surface area contributed by atoms with Crippen LogP contribution < -0.4 is 0 Å². The molecule has 0 unspecified atom stereocenters. The van der Waals surface area contributed by atoms with E-state index in [4.69, 9.17) is 0 Å². The monoisotopic (exact) mass is 314 g/mol. The lowest BCUT2D eigenvalue weighted by Crippen LogP contribution is -2.34. The van der Waals surface area contributed by atoms with E-state index in [-0.39, 0.29) is 5.56 Å². The van der Waals surface area contributed by atoms with E-state index in [1.807, 2.05) is 0 Å². The Morgan fingerprint density at radius 1 is 0.905 bits per heavy atom. The van der Waals surface area contributed by atoms with Gasteiger partial charge in [-0.1, -0.05) is 5.16 Å². The van der Waals surface area contributed by atoms with E-state index in [0.29, 0.717) is 0 Å². The van der Waals surface area contributed by atoms with Crippen LogP contribution in [0.15, 0.2) is 28.8 Å². The second-order valence-electron chi connectivity index (χ2n) is 3.98. The minimum absolute atomic E-state index is 0.0227. The summed E-state index contributed by atoms with van der Waals surface area (Å²) >= 11 is 0. The molecular formula is C11H5F7N2O.